The molecule has 1 atom stereocenters. The third-order valence-corrected chi connectivity index (χ3v) is 4.55. The van der Waals surface area contributed by atoms with Crippen molar-refractivity contribution >= 4 is 17.7 Å². The first kappa shape index (κ1) is 23.0. The standard InChI is InChI=1S/C20H27N3O7/c1-5-8-9-30-18-14(23(26)27)10-12(11-15(18)28-4)17-16(19(24)29-7-3)13(6-2)21-20(25)22-17/h10-11,17H,5-9H2,1-4H3,(H2,21,22,25). The van der Waals surface area contributed by atoms with Crippen molar-refractivity contribution < 1.29 is 28.7 Å². The highest BCUT2D eigenvalue weighted by atomic mass is 16.6. The Morgan fingerprint density at radius 3 is 2.57 bits per heavy atom. The molecule has 30 heavy (non-hydrogen) atoms. The van der Waals surface area contributed by atoms with Crippen LogP contribution in [0.15, 0.2) is 23.4 Å². The number of urea groups is 1. The van der Waals surface area contributed by atoms with Crippen LogP contribution < -0.4 is 20.1 Å². The highest BCUT2D eigenvalue weighted by Gasteiger charge is 2.35. The van der Waals surface area contributed by atoms with Gasteiger partial charge in [0.15, 0.2) is 5.75 Å². The number of carbonyl (C=O) groups excluding carboxylic acids is 2. The van der Waals surface area contributed by atoms with Gasteiger partial charge in [0.2, 0.25) is 5.75 Å². The molecule has 1 heterocycles. The lowest BCUT2D eigenvalue weighted by Crippen LogP contribution is -2.45. The molecule has 2 rings (SSSR count). The van der Waals surface area contributed by atoms with Gasteiger partial charge in [-0.25, -0.2) is 9.59 Å². The minimum atomic E-state index is -0.940. The Bertz CT molecular complexity index is 851. The van der Waals surface area contributed by atoms with Crippen LogP contribution in [0.1, 0.15) is 51.6 Å². The highest BCUT2D eigenvalue weighted by Crippen LogP contribution is 2.42. The molecule has 10 nitrogen and oxygen atoms in total. The van der Waals surface area contributed by atoms with E-state index in [9.17, 15) is 19.7 Å². The van der Waals surface area contributed by atoms with Crippen molar-refractivity contribution in [2.24, 2.45) is 0 Å². The smallest absolute Gasteiger partial charge is 0.338 e. The lowest BCUT2D eigenvalue weighted by Gasteiger charge is -2.29. The van der Waals surface area contributed by atoms with Gasteiger partial charge in [0, 0.05) is 11.8 Å². The van der Waals surface area contributed by atoms with Crippen molar-refractivity contribution in [3.8, 4) is 11.5 Å². The molecule has 2 N–H and O–H groups in total. The summed E-state index contributed by atoms with van der Waals surface area (Å²) in [6, 6.07) is 1.35. The molecular weight excluding hydrogens is 394 g/mol. The van der Waals surface area contributed by atoms with Gasteiger partial charge in [-0.2, -0.15) is 0 Å². The summed E-state index contributed by atoms with van der Waals surface area (Å²) in [7, 11) is 1.37. The van der Waals surface area contributed by atoms with Crippen LogP contribution in [0, 0.1) is 10.1 Å². The Morgan fingerprint density at radius 2 is 2.00 bits per heavy atom. The van der Waals surface area contributed by atoms with Gasteiger partial charge in [-0.3, -0.25) is 10.1 Å². The molecule has 0 saturated heterocycles. The number of ether oxygens (including phenoxy) is 3. The van der Waals surface area contributed by atoms with E-state index in [1.165, 1.54) is 19.2 Å². The maximum atomic E-state index is 12.6. The summed E-state index contributed by atoms with van der Waals surface area (Å²) in [5.74, 6) is -0.460. The molecule has 1 unspecified atom stereocenters. The lowest BCUT2D eigenvalue weighted by molar-refractivity contribution is -0.386. The summed E-state index contributed by atoms with van der Waals surface area (Å²) in [5.41, 5.74) is 0.585. The molecule has 0 aromatic heterocycles. The van der Waals surface area contributed by atoms with E-state index in [0.29, 0.717) is 24.3 Å². The van der Waals surface area contributed by atoms with E-state index in [4.69, 9.17) is 14.2 Å². The van der Waals surface area contributed by atoms with Gasteiger partial charge in [-0.15, -0.1) is 0 Å². The van der Waals surface area contributed by atoms with Crippen molar-refractivity contribution in [2.45, 2.75) is 46.1 Å². The molecule has 1 aliphatic heterocycles. The van der Waals surface area contributed by atoms with Gasteiger partial charge >= 0.3 is 17.7 Å². The topological polar surface area (TPSA) is 129 Å². The van der Waals surface area contributed by atoms with E-state index in [-0.39, 0.29) is 29.4 Å². The number of hydrogen-bond acceptors (Lipinski definition) is 7. The van der Waals surface area contributed by atoms with Crippen molar-refractivity contribution in [3.05, 3.63) is 39.1 Å². The summed E-state index contributed by atoms with van der Waals surface area (Å²) in [5, 5.41) is 17.0. The maximum absolute atomic E-state index is 12.6. The first-order valence-electron chi connectivity index (χ1n) is 9.84. The third-order valence-electron chi connectivity index (χ3n) is 4.55. The van der Waals surface area contributed by atoms with Gasteiger partial charge in [0.25, 0.3) is 0 Å². The second-order valence-corrected chi connectivity index (χ2v) is 6.53. The summed E-state index contributed by atoms with van der Waals surface area (Å²) in [4.78, 5) is 35.9. The van der Waals surface area contributed by atoms with Crippen LogP contribution in [-0.4, -0.2) is 37.2 Å². The number of allylic oxidation sites excluding steroid dienone is 1. The van der Waals surface area contributed by atoms with Gasteiger partial charge in [0.05, 0.1) is 36.9 Å². The molecule has 0 spiro atoms. The van der Waals surface area contributed by atoms with Crippen LogP contribution in [0.4, 0.5) is 10.5 Å². The molecule has 1 aromatic rings. The van der Waals surface area contributed by atoms with Crippen molar-refractivity contribution in [2.75, 3.05) is 20.3 Å². The van der Waals surface area contributed by atoms with Gasteiger partial charge < -0.3 is 24.8 Å². The van der Waals surface area contributed by atoms with Gasteiger partial charge in [-0.05, 0) is 31.4 Å². The van der Waals surface area contributed by atoms with Gasteiger partial charge in [-0.1, -0.05) is 20.3 Å². The summed E-state index contributed by atoms with van der Waals surface area (Å²) in [6.07, 6.45) is 1.96. The number of nitrogens with zero attached hydrogens (tertiary/aromatic N) is 1. The fourth-order valence-corrected chi connectivity index (χ4v) is 3.12. The number of esters is 1. The third kappa shape index (κ3) is 5.00. The maximum Gasteiger partial charge on any atom is 0.338 e. The first-order chi connectivity index (χ1) is 14.4. The van der Waals surface area contributed by atoms with Crippen molar-refractivity contribution in [3.63, 3.8) is 0 Å². The minimum Gasteiger partial charge on any atom is -0.493 e. The number of hydrogen-bond donors (Lipinski definition) is 2. The largest absolute Gasteiger partial charge is 0.493 e. The number of nitro groups is 1. The van der Waals surface area contributed by atoms with Crippen molar-refractivity contribution in [1.29, 1.82) is 0 Å². The van der Waals surface area contributed by atoms with Crippen molar-refractivity contribution in [1.82, 2.24) is 10.6 Å². The number of carbonyl (C=O) groups is 2. The van der Waals surface area contributed by atoms with Crippen LogP contribution in [0.3, 0.4) is 0 Å². The average molecular weight is 421 g/mol. The monoisotopic (exact) mass is 421 g/mol. The zero-order valence-electron chi connectivity index (χ0n) is 17.6. The van der Waals surface area contributed by atoms with Crippen LogP contribution >= 0.6 is 0 Å². The first-order valence-corrected chi connectivity index (χ1v) is 9.84. The summed E-state index contributed by atoms with van der Waals surface area (Å²) >= 11 is 0. The number of benzene rings is 1. The van der Waals surface area contributed by atoms with E-state index in [1.807, 2.05) is 6.92 Å². The summed E-state index contributed by atoms with van der Waals surface area (Å²) in [6.45, 7) is 5.88. The number of rotatable bonds is 10. The van der Waals surface area contributed by atoms with E-state index in [0.717, 1.165) is 12.8 Å². The highest BCUT2D eigenvalue weighted by molar-refractivity contribution is 5.95. The zero-order valence-corrected chi connectivity index (χ0v) is 17.6. The second kappa shape index (κ2) is 10.5. The predicted octanol–water partition coefficient (Wildman–Crippen LogP) is 3.36. The Labute approximate surface area is 174 Å². The Balaban J connectivity index is 2.62. The number of amides is 2. The molecule has 0 bridgehead atoms. The Morgan fingerprint density at radius 1 is 1.27 bits per heavy atom. The normalized spacial score (nSPS) is 15.9. The zero-order chi connectivity index (χ0) is 22.3. The quantitative estimate of drug-likeness (QED) is 0.256. The molecule has 0 saturated carbocycles. The number of nitrogens with one attached hydrogen (secondary N) is 2. The molecular formula is C20H27N3O7. The fourth-order valence-electron chi connectivity index (χ4n) is 3.12. The van der Waals surface area contributed by atoms with E-state index < -0.39 is 23.0 Å². The average Bonchev–Trinajstić information content (AvgIpc) is 2.72. The van der Waals surface area contributed by atoms with Crippen LogP contribution in [0.2, 0.25) is 0 Å². The molecule has 1 aliphatic rings. The molecule has 0 aliphatic carbocycles. The van der Waals surface area contributed by atoms with E-state index in [2.05, 4.69) is 10.6 Å². The van der Waals surface area contributed by atoms with Crippen LogP contribution in [0.5, 0.6) is 11.5 Å². The summed E-state index contributed by atoms with van der Waals surface area (Å²) < 4.78 is 16.1. The fraction of sp³-hybridized carbons (Fsp3) is 0.500. The van der Waals surface area contributed by atoms with E-state index in [1.54, 1.807) is 13.8 Å². The number of unbranched alkanes of at least 4 members (excludes halogenated alkanes) is 1. The van der Waals surface area contributed by atoms with Gasteiger partial charge in [0.1, 0.15) is 0 Å². The molecule has 2 amide bonds. The molecule has 0 radical (unpaired) electrons. The Kier molecular flexibility index (Phi) is 8.02. The number of methoxy groups -OCH3 is 1. The van der Waals surface area contributed by atoms with Crippen LogP contribution in [0.25, 0.3) is 0 Å². The van der Waals surface area contributed by atoms with E-state index >= 15 is 0 Å². The SMILES string of the molecule is CCCCOc1c(OC)cc(C2NC(=O)NC(CC)=C2C(=O)OCC)cc1[N+](=O)[O-]. The molecule has 164 valence electrons. The Hall–Kier alpha value is -3.30. The lowest BCUT2D eigenvalue weighted by atomic mass is 9.93. The second-order valence-electron chi connectivity index (χ2n) is 6.53. The molecule has 0 fully saturated rings. The molecule has 10 heteroatoms. The number of nitro benzene ring substituents is 1. The minimum absolute atomic E-state index is 0.0114. The van der Waals surface area contributed by atoms with Crippen LogP contribution in [-0.2, 0) is 9.53 Å². The molecule has 1 aromatic carbocycles. The predicted molar refractivity (Wildman–Crippen MR) is 108 cm³/mol.